The Morgan fingerprint density at radius 1 is 1.50 bits per heavy atom. The second-order valence-corrected chi connectivity index (χ2v) is 5.32. The molecule has 0 spiro atoms. The molecule has 0 aliphatic rings. The van der Waals surface area contributed by atoms with E-state index in [9.17, 15) is 13.2 Å². The summed E-state index contributed by atoms with van der Waals surface area (Å²) in [5.41, 5.74) is 0.214. The van der Waals surface area contributed by atoms with Gasteiger partial charge in [0.25, 0.3) is 0 Å². The van der Waals surface area contributed by atoms with Crippen molar-refractivity contribution < 1.29 is 18.3 Å². The van der Waals surface area contributed by atoms with E-state index in [0.29, 0.717) is 5.56 Å². The molecule has 14 heavy (non-hydrogen) atoms. The number of carbonyl (C=O) groups is 1. The molecule has 1 aromatic rings. The van der Waals surface area contributed by atoms with E-state index in [2.05, 4.69) is 4.98 Å². The maximum absolute atomic E-state index is 10.6. The van der Waals surface area contributed by atoms with Crippen molar-refractivity contribution in [1.82, 2.24) is 4.98 Å². The van der Waals surface area contributed by atoms with Crippen molar-refractivity contribution in [3.63, 3.8) is 0 Å². The summed E-state index contributed by atoms with van der Waals surface area (Å²) in [6, 6.07) is 2.58. The van der Waals surface area contributed by atoms with E-state index in [1.165, 1.54) is 18.3 Å². The minimum atomic E-state index is -3.63. The third-order valence-corrected chi connectivity index (χ3v) is 2.39. The number of pyridine rings is 1. The lowest BCUT2D eigenvalue weighted by atomic mass is 10.3. The lowest BCUT2D eigenvalue weighted by Gasteiger charge is -1.97. The summed E-state index contributed by atoms with van der Waals surface area (Å²) in [5, 5.41) is 8.50. The Balaban J connectivity index is 2.90. The second-order valence-electron chi connectivity index (χ2n) is 2.54. The van der Waals surface area contributed by atoms with Gasteiger partial charge in [0.05, 0.1) is 5.75 Å². The maximum Gasteiger partial charge on any atom is 0.354 e. The number of aromatic nitrogens is 1. The molecule has 0 aliphatic heterocycles. The Morgan fingerprint density at radius 2 is 2.14 bits per heavy atom. The number of aromatic carboxylic acids is 1. The third-order valence-electron chi connectivity index (χ3n) is 1.38. The number of carboxylic acids is 1. The molecule has 0 unspecified atom stereocenters. The molecule has 5 nitrogen and oxygen atoms in total. The highest BCUT2D eigenvalue weighted by Crippen LogP contribution is 2.08. The molecule has 0 radical (unpaired) electrons. The van der Waals surface area contributed by atoms with Crippen molar-refractivity contribution in [2.45, 2.75) is 5.75 Å². The zero-order valence-electron chi connectivity index (χ0n) is 6.84. The Labute approximate surface area is 84.8 Å². The van der Waals surface area contributed by atoms with Crippen LogP contribution in [0.15, 0.2) is 18.3 Å². The smallest absolute Gasteiger partial charge is 0.354 e. The molecule has 0 saturated carbocycles. The second kappa shape index (κ2) is 3.93. The first-order valence-electron chi connectivity index (χ1n) is 3.49. The van der Waals surface area contributed by atoms with Gasteiger partial charge in [-0.25, -0.2) is 18.2 Å². The van der Waals surface area contributed by atoms with Crippen molar-refractivity contribution >= 4 is 25.7 Å². The van der Waals surface area contributed by atoms with Crippen molar-refractivity contribution in [2.75, 3.05) is 0 Å². The van der Waals surface area contributed by atoms with Gasteiger partial charge in [0.2, 0.25) is 9.05 Å². The van der Waals surface area contributed by atoms with Crippen LogP contribution in [-0.2, 0) is 14.8 Å². The Morgan fingerprint density at radius 3 is 2.50 bits per heavy atom. The van der Waals surface area contributed by atoms with Crippen LogP contribution in [0.2, 0.25) is 0 Å². The van der Waals surface area contributed by atoms with Gasteiger partial charge in [-0.05, 0) is 11.6 Å². The zero-order valence-corrected chi connectivity index (χ0v) is 8.42. The van der Waals surface area contributed by atoms with E-state index >= 15 is 0 Å². The van der Waals surface area contributed by atoms with Crippen LogP contribution in [0.3, 0.4) is 0 Å². The van der Waals surface area contributed by atoms with E-state index in [4.69, 9.17) is 15.8 Å². The molecular formula is C7H6ClNO4S. The summed E-state index contributed by atoms with van der Waals surface area (Å²) in [6.07, 6.45) is 1.17. The number of halogens is 1. The van der Waals surface area contributed by atoms with Crippen LogP contribution >= 0.6 is 10.7 Å². The summed E-state index contributed by atoms with van der Waals surface area (Å²) in [7, 11) is 1.37. The lowest BCUT2D eigenvalue weighted by Crippen LogP contribution is -2.01. The van der Waals surface area contributed by atoms with Crippen molar-refractivity contribution in [2.24, 2.45) is 0 Å². The fraction of sp³-hybridized carbons (Fsp3) is 0.143. The Hall–Kier alpha value is -1.14. The van der Waals surface area contributed by atoms with E-state index < -0.39 is 15.0 Å². The molecule has 0 amide bonds. The highest BCUT2D eigenvalue weighted by Gasteiger charge is 2.09. The molecule has 0 fully saturated rings. The summed E-state index contributed by atoms with van der Waals surface area (Å²) in [5.74, 6) is -1.52. The Bertz CT molecular complexity index is 439. The number of carboxylic acid groups (broad SMARTS) is 1. The largest absolute Gasteiger partial charge is 0.477 e. The summed E-state index contributed by atoms with van der Waals surface area (Å²) < 4.78 is 21.3. The molecular weight excluding hydrogens is 230 g/mol. The van der Waals surface area contributed by atoms with Crippen LogP contribution in [-0.4, -0.2) is 24.5 Å². The van der Waals surface area contributed by atoms with Crippen molar-refractivity contribution in [3.8, 4) is 0 Å². The molecule has 0 saturated heterocycles. The number of nitrogens with zero attached hydrogens (tertiary/aromatic N) is 1. The lowest BCUT2D eigenvalue weighted by molar-refractivity contribution is 0.0690. The highest BCUT2D eigenvalue weighted by atomic mass is 35.7. The molecule has 1 aromatic heterocycles. The fourth-order valence-corrected chi connectivity index (χ4v) is 1.78. The van der Waals surface area contributed by atoms with E-state index in [1.807, 2.05) is 0 Å². The van der Waals surface area contributed by atoms with Crippen molar-refractivity contribution in [1.29, 1.82) is 0 Å². The molecule has 1 heterocycles. The standard InChI is InChI=1S/C7H6ClNO4S/c8-14(12,13)4-5-1-2-6(7(10)11)9-3-5/h1-3H,4H2,(H,10,11). The van der Waals surface area contributed by atoms with Crippen LogP contribution in [0.1, 0.15) is 16.1 Å². The van der Waals surface area contributed by atoms with Crippen LogP contribution in [0, 0.1) is 0 Å². The van der Waals surface area contributed by atoms with Crippen LogP contribution < -0.4 is 0 Å². The molecule has 1 rings (SSSR count). The number of rotatable bonds is 3. The monoisotopic (exact) mass is 235 g/mol. The van der Waals surface area contributed by atoms with Gasteiger partial charge in [0, 0.05) is 16.9 Å². The number of hydrogen-bond acceptors (Lipinski definition) is 4. The molecule has 0 aromatic carbocycles. The third kappa shape index (κ3) is 3.31. The average Bonchev–Trinajstić information content (AvgIpc) is 2.02. The summed E-state index contributed by atoms with van der Waals surface area (Å²) >= 11 is 0. The number of hydrogen-bond donors (Lipinski definition) is 1. The minimum Gasteiger partial charge on any atom is -0.477 e. The first kappa shape index (κ1) is 10.9. The van der Waals surface area contributed by atoms with Crippen LogP contribution in [0.4, 0.5) is 0 Å². The molecule has 0 bridgehead atoms. The fourth-order valence-electron chi connectivity index (χ4n) is 0.835. The average molecular weight is 236 g/mol. The van der Waals surface area contributed by atoms with Gasteiger partial charge in [0.15, 0.2) is 0 Å². The van der Waals surface area contributed by atoms with Gasteiger partial charge in [0.1, 0.15) is 5.69 Å². The maximum atomic E-state index is 10.6. The molecule has 7 heteroatoms. The van der Waals surface area contributed by atoms with Gasteiger partial charge < -0.3 is 5.11 Å². The molecule has 0 aliphatic carbocycles. The highest BCUT2D eigenvalue weighted by molar-refractivity contribution is 8.13. The van der Waals surface area contributed by atoms with Crippen LogP contribution in [0.5, 0.6) is 0 Å². The predicted octanol–water partition coefficient (Wildman–Crippen LogP) is 0.848. The minimum absolute atomic E-state index is 0.138. The molecule has 1 N–H and O–H groups in total. The first-order chi connectivity index (χ1) is 6.38. The normalized spacial score (nSPS) is 11.2. The Kier molecular flexibility index (Phi) is 3.07. The van der Waals surface area contributed by atoms with Crippen molar-refractivity contribution in [3.05, 3.63) is 29.6 Å². The predicted molar refractivity (Wildman–Crippen MR) is 49.7 cm³/mol. The van der Waals surface area contributed by atoms with Gasteiger partial charge in [-0.1, -0.05) is 6.07 Å². The first-order valence-corrected chi connectivity index (χ1v) is 5.97. The summed E-state index contributed by atoms with van der Waals surface area (Å²) in [6.45, 7) is 0. The van der Waals surface area contributed by atoms with Gasteiger partial charge in [-0.2, -0.15) is 0 Å². The van der Waals surface area contributed by atoms with E-state index in [-0.39, 0.29) is 11.4 Å². The molecule has 0 atom stereocenters. The van der Waals surface area contributed by atoms with Gasteiger partial charge in [-0.15, -0.1) is 0 Å². The van der Waals surface area contributed by atoms with Gasteiger partial charge >= 0.3 is 5.97 Å². The zero-order chi connectivity index (χ0) is 10.8. The molecule has 76 valence electrons. The SMILES string of the molecule is O=C(O)c1ccc(CS(=O)(=O)Cl)cn1. The van der Waals surface area contributed by atoms with E-state index in [0.717, 1.165) is 0 Å². The van der Waals surface area contributed by atoms with E-state index in [1.54, 1.807) is 0 Å². The topological polar surface area (TPSA) is 84.3 Å². The summed E-state index contributed by atoms with van der Waals surface area (Å²) in [4.78, 5) is 13.9. The van der Waals surface area contributed by atoms with Gasteiger partial charge in [-0.3, -0.25) is 0 Å². The van der Waals surface area contributed by atoms with Crippen LogP contribution in [0.25, 0.3) is 0 Å². The quantitative estimate of drug-likeness (QED) is 0.785.